The summed E-state index contributed by atoms with van der Waals surface area (Å²) in [7, 11) is 0. The summed E-state index contributed by atoms with van der Waals surface area (Å²) in [6.45, 7) is 0.586. The van der Waals surface area contributed by atoms with E-state index >= 15 is 0 Å². The third-order valence-corrected chi connectivity index (χ3v) is 3.62. The van der Waals surface area contributed by atoms with Crippen LogP contribution in [0.25, 0.3) is 0 Å². The maximum Gasteiger partial charge on any atom is 0.240 e. The first kappa shape index (κ1) is 10.7. The summed E-state index contributed by atoms with van der Waals surface area (Å²) in [6, 6.07) is 2.64. The monoisotopic (exact) mass is 232 g/mol. The van der Waals surface area contributed by atoms with E-state index in [9.17, 15) is 0 Å². The van der Waals surface area contributed by atoms with Gasteiger partial charge in [-0.3, -0.25) is 0 Å². The Morgan fingerprint density at radius 2 is 2.24 bits per heavy atom. The molecule has 1 heterocycles. The summed E-state index contributed by atoms with van der Waals surface area (Å²) in [5, 5.41) is 16.3. The van der Waals surface area contributed by atoms with Crippen molar-refractivity contribution in [2.75, 3.05) is 0 Å². The Hall–Kier alpha value is -1.41. The third-order valence-electron chi connectivity index (χ3n) is 3.62. The second-order valence-corrected chi connectivity index (χ2v) is 4.97. The summed E-state index contributed by atoms with van der Waals surface area (Å²) in [5.41, 5.74) is 0. The predicted molar refractivity (Wildman–Crippen MR) is 59.9 cm³/mol. The molecule has 0 amide bonds. The van der Waals surface area contributed by atoms with Gasteiger partial charge < -0.3 is 9.84 Å². The molecule has 0 aromatic carbocycles. The van der Waals surface area contributed by atoms with Crippen molar-refractivity contribution in [3.8, 4) is 6.07 Å². The molecule has 2 aliphatic carbocycles. The van der Waals surface area contributed by atoms with Gasteiger partial charge in [0.2, 0.25) is 5.89 Å². The molecular weight excluding hydrogens is 216 g/mol. The molecule has 2 saturated carbocycles. The molecule has 0 radical (unpaired) electrons. The lowest BCUT2D eigenvalue weighted by Gasteiger charge is -2.13. The molecule has 17 heavy (non-hydrogen) atoms. The van der Waals surface area contributed by atoms with Crippen molar-refractivity contribution in [3.63, 3.8) is 0 Å². The lowest BCUT2D eigenvalue weighted by Crippen LogP contribution is -2.31. The number of hydrogen-bond acceptors (Lipinski definition) is 5. The van der Waals surface area contributed by atoms with Gasteiger partial charge in [0.05, 0.1) is 18.5 Å². The molecule has 2 atom stereocenters. The molecular formula is C12H16N4O. The number of hydrogen-bond donors (Lipinski definition) is 1. The Labute approximate surface area is 100 Å². The van der Waals surface area contributed by atoms with Crippen LogP contribution in [0.5, 0.6) is 0 Å². The molecule has 90 valence electrons. The van der Waals surface area contributed by atoms with E-state index in [1.165, 1.54) is 12.8 Å². The van der Waals surface area contributed by atoms with Gasteiger partial charge in [-0.1, -0.05) is 11.6 Å². The molecule has 2 aliphatic rings. The molecule has 0 spiro atoms. The van der Waals surface area contributed by atoms with Crippen LogP contribution >= 0.6 is 0 Å². The summed E-state index contributed by atoms with van der Waals surface area (Å²) in [5.74, 6) is 2.17. The standard InChI is InChI=1S/C12H16N4O/c13-6-9-2-1-3-10(9)14-7-11-15-12(16-17-11)8-4-5-8/h8-10,14H,1-5,7H2. The van der Waals surface area contributed by atoms with E-state index in [1.807, 2.05) is 0 Å². The van der Waals surface area contributed by atoms with Crippen LogP contribution < -0.4 is 5.32 Å². The number of nitrogens with zero attached hydrogens (tertiary/aromatic N) is 3. The second kappa shape index (κ2) is 4.46. The van der Waals surface area contributed by atoms with Crippen LogP contribution in [0.4, 0.5) is 0 Å². The van der Waals surface area contributed by atoms with Crippen LogP contribution in [0.3, 0.4) is 0 Å². The van der Waals surface area contributed by atoms with E-state index in [1.54, 1.807) is 0 Å². The van der Waals surface area contributed by atoms with E-state index in [0.29, 0.717) is 18.4 Å². The highest BCUT2D eigenvalue weighted by Gasteiger charge is 2.30. The molecule has 5 heteroatoms. The van der Waals surface area contributed by atoms with Gasteiger partial charge in [0.1, 0.15) is 0 Å². The van der Waals surface area contributed by atoms with Crippen LogP contribution in [0.1, 0.15) is 49.7 Å². The average molecular weight is 232 g/mol. The van der Waals surface area contributed by atoms with E-state index < -0.39 is 0 Å². The smallest absolute Gasteiger partial charge is 0.240 e. The molecule has 3 rings (SSSR count). The van der Waals surface area contributed by atoms with Gasteiger partial charge in [-0.2, -0.15) is 10.2 Å². The van der Waals surface area contributed by atoms with Crippen molar-refractivity contribution >= 4 is 0 Å². The molecule has 1 aromatic heterocycles. The van der Waals surface area contributed by atoms with Crippen molar-refractivity contribution in [1.82, 2.24) is 15.5 Å². The molecule has 0 bridgehead atoms. The molecule has 1 N–H and O–H groups in total. The Kier molecular flexibility index (Phi) is 2.81. The van der Waals surface area contributed by atoms with Crippen molar-refractivity contribution in [1.29, 1.82) is 5.26 Å². The van der Waals surface area contributed by atoms with Crippen LogP contribution in [0.15, 0.2) is 4.52 Å². The Morgan fingerprint density at radius 3 is 3.00 bits per heavy atom. The average Bonchev–Trinajstić information content (AvgIpc) is 2.93. The van der Waals surface area contributed by atoms with Gasteiger partial charge in [-0.05, 0) is 25.7 Å². The van der Waals surface area contributed by atoms with Crippen LogP contribution in [0, 0.1) is 17.2 Å². The highest BCUT2D eigenvalue weighted by atomic mass is 16.5. The maximum atomic E-state index is 8.98. The first-order valence-electron chi connectivity index (χ1n) is 6.32. The second-order valence-electron chi connectivity index (χ2n) is 4.97. The summed E-state index contributed by atoms with van der Waals surface area (Å²) in [4.78, 5) is 4.36. The maximum absolute atomic E-state index is 8.98. The predicted octanol–water partition coefficient (Wildman–Crippen LogP) is 1.73. The lowest BCUT2D eigenvalue weighted by atomic mass is 10.1. The number of rotatable bonds is 4. The molecule has 0 aliphatic heterocycles. The zero-order valence-electron chi connectivity index (χ0n) is 9.72. The molecule has 2 fully saturated rings. The Bertz CT molecular complexity index is 432. The third kappa shape index (κ3) is 2.32. The van der Waals surface area contributed by atoms with E-state index in [2.05, 4.69) is 21.5 Å². The van der Waals surface area contributed by atoms with Crippen molar-refractivity contribution < 1.29 is 4.52 Å². The first-order valence-corrected chi connectivity index (χ1v) is 6.32. The van der Waals surface area contributed by atoms with E-state index in [-0.39, 0.29) is 12.0 Å². The fourth-order valence-corrected chi connectivity index (χ4v) is 2.42. The van der Waals surface area contributed by atoms with E-state index in [0.717, 1.165) is 25.1 Å². The van der Waals surface area contributed by atoms with Gasteiger partial charge in [-0.25, -0.2) is 0 Å². The molecule has 2 unspecified atom stereocenters. The van der Waals surface area contributed by atoms with Crippen molar-refractivity contribution in [2.24, 2.45) is 5.92 Å². The van der Waals surface area contributed by atoms with Crippen LogP contribution in [-0.2, 0) is 6.54 Å². The zero-order valence-corrected chi connectivity index (χ0v) is 9.72. The lowest BCUT2D eigenvalue weighted by molar-refractivity contribution is 0.346. The molecule has 1 aromatic rings. The first-order chi connectivity index (χ1) is 8.36. The molecule has 5 nitrogen and oxygen atoms in total. The normalized spacial score (nSPS) is 28.2. The Morgan fingerprint density at radius 1 is 1.35 bits per heavy atom. The fourth-order valence-electron chi connectivity index (χ4n) is 2.42. The summed E-state index contributed by atoms with van der Waals surface area (Å²) >= 11 is 0. The topological polar surface area (TPSA) is 74.7 Å². The quantitative estimate of drug-likeness (QED) is 0.855. The number of nitriles is 1. The summed E-state index contributed by atoms with van der Waals surface area (Å²) in [6.07, 6.45) is 5.58. The van der Waals surface area contributed by atoms with Crippen LogP contribution in [-0.4, -0.2) is 16.2 Å². The minimum Gasteiger partial charge on any atom is -0.338 e. The number of aromatic nitrogens is 2. The summed E-state index contributed by atoms with van der Waals surface area (Å²) < 4.78 is 5.19. The minimum atomic E-state index is 0.140. The minimum absolute atomic E-state index is 0.140. The Balaban J connectivity index is 1.54. The van der Waals surface area contributed by atoms with E-state index in [4.69, 9.17) is 9.78 Å². The van der Waals surface area contributed by atoms with Crippen molar-refractivity contribution in [3.05, 3.63) is 11.7 Å². The number of nitrogens with one attached hydrogen (secondary N) is 1. The van der Waals surface area contributed by atoms with Crippen molar-refractivity contribution in [2.45, 2.75) is 50.6 Å². The fraction of sp³-hybridized carbons (Fsp3) is 0.750. The highest BCUT2D eigenvalue weighted by Crippen LogP contribution is 2.38. The van der Waals surface area contributed by atoms with Gasteiger partial charge in [0.25, 0.3) is 0 Å². The van der Waals surface area contributed by atoms with Gasteiger partial charge in [-0.15, -0.1) is 0 Å². The largest absolute Gasteiger partial charge is 0.338 e. The zero-order chi connectivity index (χ0) is 11.7. The SMILES string of the molecule is N#CC1CCCC1NCc1nc(C2CC2)no1. The van der Waals surface area contributed by atoms with Gasteiger partial charge >= 0.3 is 0 Å². The highest BCUT2D eigenvalue weighted by molar-refractivity contribution is 5.03. The van der Waals surface area contributed by atoms with Crippen LogP contribution in [0.2, 0.25) is 0 Å². The van der Waals surface area contributed by atoms with Gasteiger partial charge in [0.15, 0.2) is 5.82 Å². The molecule has 0 saturated heterocycles. The van der Waals surface area contributed by atoms with Gasteiger partial charge in [0, 0.05) is 12.0 Å².